The molecule has 0 saturated carbocycles. The van der Waals surface area contributed by atoms with E-state index in [1.165, 1.54) is 0 Å². The molecule has 0 bridgehead atoms. The van der Waals surface area contributed by atoms with Crippen molar-refractivity contribution in [3.8, 4) is 0 Å². The first-order valence-corrected chi connectivity index (χ1v) is 5.42. The normalized spacial score (nSPS) is 24.1. The molecule has 86 valence electrons. The zero-order chi connectivity index (χ0) is 11.8. The zero-order valence-corrected chi connectivity index (χ0v) is 9.54. The smallest absolute Gasteiger partial charge is 0.335 e. The second-order valence-electron chi connectivity index (χ2n) is 3.35. The van der Waals surface area contributed by atoms with Gasteiger partial charge >= 0.3 is 23.5 Å². The van der Waals surface area contributed by atoms with Crippen LogP contribution in [0.25, 0.3) is 0 Å². The highest BCUT2D eigenvalue weighted by molar-refractivity contribution is 7.51. The summed E-state index contributed by atoms with van der Waals surface area (Å²) in [5.41, 5.74) is 0. The Morgan fingerprint density at radius 2 is 1.80 bits per heavy atom. The van der Waals surface area contributed by atoms with Crippen molar-refractivity contribution in [3.05, 3.63) is 0 Å². The molecule has 1 saturated heterocycles. The van der Waals surface area contributed by atoms with Gasteiger partial charge in [0.25, 0.3) is 0 Å². The number of hydrogen-bond donors (Lipinski definition) is 0. The van der Waals surface area contributed by atoms with Crippen LogP contribution in [0.3, 0.4) is 0 Å². The summed E-state index contributed by atoms with van der Waals surface area (Å²) in [6, 6.07) is 0. The molecular formula is C9H14O5S. The Hall–Kier alpha value is -1.04. The first-order chi connectivity index (χ1) is 7.08. The van der Waals surface area contributed by atoms with Crippen molar-refractivity contribution in [1.29, 1.82) is 0 Å². The summed E-state index contributed by atoms with van der Waals surface area (Å²) in [7, 11) is 0. The highest BCUT2D eigenvalue weighted by Gasteiger charge is 2.40. The number of cyclic esters (lactones) is 2. The fraction of sp³-hybridized carbons (Fsp3) is 0.778. The average Bonchev–Trinajstić information content (AvgIpc) is 2.41. The summed E-state index contributed by atoms with van der Waals surface area (Å²) in [4.78, 5) is 22.0. The zero-order valence-electron chi connectivity index (χ0n) is 8.73. The largest absolute Gasteiger partial charge is 0.393 e. The van der Waals surface area contributed by atoms with Crippen LogP contribution < -0.4 is 0 Å². The van der Waals surface area contributed by atoms with Crippen molar-refractivity contribution < 1.29 is 22.7 Å². The van der Waals surface area contributed by atoms with Gasteiger partial charge in [0, 0.05) is 0 Å². The lowest BCUT2D eigenvalue weighted by molar-refractivity contribution is -0.153. The predicted octanol–water partition coefficient (Wildman–Crippen LogP) is 0.842. The van der Waals surface area contributed by atoms with Crippen LogP contribution in [0.5, 0.6) is 0 Å². The number of hydrogen-bond acceptors (Lipinski definition) is 5. The summed E-state index contributed by atoms with van der Waals surface area (Å²) in [6.45, 7) is 3.82. The summed E-state index contributed by atoms with van der Waals surface area (Å²) < 4.78 is 21.1. The van der Waals surface area contributed by atoms with E-state index in [0.717, 1.165) is 19.3 Å². The molecule has 0 N–H and O–H groups in total. The fourth-order valence-corrected chi connectivity index (χ4v) is 1.43. The van der Waals surface area contributed by atoms with Gasteiger partial charge in [-0.3, -0.25) is 9.59 Å². The van der Waals surface area contributed by atoms with Crippen molar-refractivity contribution >= 4 is 23.5 Å². The standard InChI is InChI=1S/C9H14O3.O2S/c1-3-4-5-7-6(2)8(10)12-9(7)11;1-3-2/h6-7H,3-5H2,1-2H3;. The Balaban J connectivity index is 0.000000583. The first-order valence-electron chi connectivity index (χ1n) is 4.75. The number of unbranched alkanes of at least 4 members (excludes halogenated alkanes) is 1. The van der Waals surface area contributed by atoms with E-state index in [1.54, 1.807) is 6.92 Å². The second-order valence-corrected chi connectivity index (χ2v) is 3.48. The minimum atomic E-state index is -0.750. The maximum atomic E-state index is 11.1. The Morgan fingerprint density at radius 3 is 2.13 bits per heavy atom. The van der Waals surface area contributed by atoms with Crippen LogP contribution in [0.2, 0.25) is 0 Å². The van der Waals surface area contributed by atoms with E-state index in [-0.39, 0.29) is 23.8 Å². The van der Waals surface area contributed by atoms with Crippen LogP contribution in [-0.2, 0) is 25.9 Å². The minimum absolute atomic E-state index is 0.183. The van der Waals surface area contributed by atoms with Crippen LogP contribution in [0, 0.1) is 11.8 Å². The molecule has 2 atom stereocenters. The lowest BCUT2D eigenvalue weighted by atomic mass is 9.92. The number of esters is 2. The van der Waals surface area contributed by atoms with Gasteiger partial charge in [-0.25, -0.2) is 0 Å². The topological polar surface area (TPSA) is 77.5 Å². The van der Waals surface area contributed by atoms with E-state index in [1.807, 2.05) is 0 Å². The average molecular weight is 234 g/mol. The molecule has 0 aliphatic carbocycles. The molecule has 0 radical (unpaired) electrons. The molecule has 0 aromatic rings. The van der Waals surface area contributed by atoms with Gasteiger partial charge in [-0.15, -0.1) is 0 Å². The lowest BCUT2D eigenvalue weighted by Crippen LogP contribution is -2.14. The van der Waals surface area contributed by atoms with Gasteiger partial charge < -0.3 is 4.74 Å². The van der Waals surface area contributed by atoms with Gasteiger partial charge in [0.05, 0.1) is 11.8 Å². The molecular weight excluding hydrogens is 220 g/mol. The monoisotopic (exact) mass is 234 g/mol. The van der Waals surface area contributed by atoms with Crippen LogP contribution in [0.1, 0.15) is 33.1 Å². The van der Waals surface area contributed by atoms with E-state index >= 15 is 0 Å². The van der Waals surface area contributed by atoms with E-state index in [2.05, 4.69) is 11.7 Å². The van der Waals surface area contributed by atoms with Crippen molar-refractivity contribution in [2.45, 2.75) is 33.1 Å². The van der Waals surface area contributed by atoms with Gasteiger partial charge in [-0.1, -0.05) is 26.7 Å². The van der Waals surface area contributed by atoms with Gasteiger partial charge in [0.15, 0.2) is 0 Å². The van der Waals surface area contributed by atoms with Crippen molar-refractivity contribution in [3.63, 3.8) is 0 Å². The Morgan fingerprint density at radius 1 is 1.27 bits per heavy atom. The number of rotatable bonds is 3. The third-order valence-corrected chi connectivity index (χ3v) is 2.35. The molecule has 1 heterocycles. The van der Waals surface area contributed by atoms with Gasteiger partial charge in [-0.05, 0) is 6.42 Å². The summed E-state index contributed by atoms with van der Waals surface area (Å²) in [6.07, 6.45) is 2.81. The predicted molar refractivity (Wildman–Crippen MR) is 52.2 cm³/mol. The van der Waals surface area contributed by atoms with E-state index in [9.17, 15) is 9.59 Å². The maximum absolute atomic E-state index is 11.1. The molecule has 0 spiro atoms. The van der Waals surface area contributed by atoms with Crippen LogP contribution in [0.4, 0.5) is 0 Å². The van der Waals surface area contributed by atoms with Crippen molar-refractivity contribution in [2.24, 2.45) is 11.8 Å². The highest BCUT2D eigenvalue weighted by Crippen LogP contribution is 2.27. The molecule has 0 amide bonds. The second kappa shape index (κ2) is 7.28. The summed E-state index contributed by atoms with van der Waals surface area (Å²) in [5, 5.41) is 0. The first kappa shape index (κ1) is 14.0. The Bertz CT molecular complexity index is 270. The highest BCUT2D eigenvalue weighted by atomic mass is 32.1. The van der Waals surface area contributed by atoms with Crippen LogP contribution >= 0.6 is 0 Å². The SMILES string of the molecule is CCCCC1C(=O)OC(=O)C1C.O=S=O. The van der Waals surface area contributed by atoms with E-state index in [0.29, 0.717) is 0 Å². The quantitative estimate of drug-likeness (QED) is 0.534. The molecule has 6 heteroatoms. The number of ether oxygens (including phenoxy) is 1. The van der Waals surface area contributed by atoms with E-state index < -0.39 is 11.6 Å². The number of carbonyl (C=O) groups excluding carboxylic acids is 2. The fourth-order valence-electron chi connectivity index (χ4n) is 1.43. The summed E-state index contributed by atoms with van der Waals surface area (Å²) in [5.74, 6) is -1.11. The van der Waals surface area contributed by atoms with Gasteiger partial charge in [-0.2, -0.15) is 8.42 Å². The van der Waals surface area contributed by atoms with Crippen molar-refractivity contribution in [1.82, 2.24) is 0 Å². The molecule has 1 rings (SSSR count). The van der Waals surface area contributed by atoms with Gasteiger partial charge in [0.2, 0.25) is 0 Å². The van der Waals surface area contributed by atoms with Crippen LogP contribution in [0.15, 0.2) is 0 Å². The van der Waals surface area contributed by atoms with Gasteiger partial charge in [0.1, 0.15) is 0 Å². The van der Waals surface area contributed by atoms with Crippen molar-refractivity contribution in [2.75, 3.05) is 0 Å². The maximum Gasteiger partial charge on any atom is 0.335 e. The molecule has 1 aliphatic rings. The third kappa shape index (κ3) is 4.33. The lowest BCUT2D eigenvalue weighted by Gasteiger charge is -2.06. The molecule has 0 aromatic carbocycles. The third-order valence-electron chi connectivity index (χ3n) is 2.35. The molecule has 1 fully saturated rings. The number of carbonyl (C=O) groups is 2. The molecule has 0 aromatic heterocycles. The Kier molecular flexibility index (Phi) is 6.77. The molecule has 2 unspecified atom stereocenters. The minimum Gasteiger partial charge on any atom is -0.393 e. The molecule has 15 heavy (non-hydrogen) atoms. The molecule has 5 nitrogen and oxygen atoms in total. The van der Waals surface area contributed by atoms with Crippen LogP contribution in [-0.4, -0.2) is 20.4 Å². The Labute approximate surface area is 91.8 Å². The van der Waals surface area contributed by atoms with E-state index in [4.69, 9.17) is 8.42 Å². The molecule has 1 aliphatic heterocycles. The summed E-state index contributed by atoms with van der Waals surface area (Å²) >= 11 is -0.750.